The zero-order chi connectivity index (χ0) is 13.9. The van der Waals surface area contributed by atoms with Crippen molar-refractivity contribution in [3.63, 3.8) is 0 Å². The van der Waals surface area contributed by atoms with Crippen LogP contribution in [0.25, 0.3) is 0 Å². The van der Waals surface area contributed by atoms with Gasteiger partial charge >= 0.3 is 0 Å². The molecular weight excluding hydrogens is 254 g/mol. The number of ether oxygens (including phenoxy) is 1. The van der Waals surface area contributed by atoms with Gasteiger partial charge in [-0.2, -0.15) is 0 Å². The lowest BCUT2D eigenvalue weighted by atomic mass is 10.1. The normalized spacial score (nSPS) is 21.2. The summed E-state index contributed by atoms with van der Waals surface area (Å²) in [5.41, 5.74) is 9.21. The molecule has 20 heavy (non-hydrogen) atoms. The van der Waals surface area contributed by atoms with Crippen LogP contribution in [-0.2, 0) is 4.74 Å². The highest BCUT2D eigenvalue weighted by Gasteiger charge is 2.19. The summed E-state index contributed by atoms with van der Waals surface area (Å²) in [6, 6.07) is 6.27. The van der Waals surface area contributed by atoms with Crippen molar-refractivity contribution in [1.82, 2.24) is 0 Å². The SMILES string of the molecule is Nc1cc(N2CCOCC2)cc(N2CCC(O)CC2)c1. The number of hydrogen-bond donors (Lipinski definition) is 2. The molecule has 2 saturated heterocycles. The molecule has 0 unspecified atom stereocenters. The molecule has 1 aromatic rings. The maximum absolute atomic E-state index is 9.61. The molecule has 0 aliphatic carbocycles. The van der Waals surface area contributed by atoms with Crippen molar-refractivity contribution in [3.8, 4) is 0 Å². The maximum atomic E-state index is 9.61. The molecule has 0 bridgehead atoms. The van der Waals surface area contributed by atoms with Crippen molar-refractivity contribution in [3.05, 3.63) is 18.2 Å². The fourth-order valence-corrected chi connectivity index (χ4v) is 2.93. The van der Waals surface area contributed by atoms with E-state index in [2.05, 4.69) is 15.9 Å². The van der Waals surface area contributed by atoms with E-state index < -0.39 is 0 Å². The molecule has 2 heterocycles. The molecule has 2 fully saturated rings. The number of nitrogens with zero attached hydrogens (tertiary/aromatic N) is 2. The minimum Gasteiger partial charge on any atom is -0.399 e. The van der Waals surface area contributed by atoms with Gasteiger partial charge in [-0.15, -0.1) is 0 Å². The zero-order valence-electron chi connectivity index (χ0n) is 11.8. The summed E-state index contributed by atoms with van der Waals surface area (Å²) < 4.78 is 5.40. The average Bonchev–Trinajstić information content (AvgIpc) is 2.48. The monoisotopic (exact) mass is 277 g/mol. The number of rotatable bonds is 2. The van der Waals surface area contributed by atoms with Crippen LogP contribution in [0.15, 0.2) is 18.2 Å². The summed E-state index contributed by atoms with van der Waals surface area (Å²) in [6.45, 7) is 5.18. The van der Waals surface area contributed by atoms with E-state index >= 15 is 0 Å². The van der Waals surface area contributed by atoms with E-state index in [1.54, 1.807) is 0 Å². The summed E-state index contributed by atoms with van der Waals surface area (Å²) in [6.07, 6.45) is 1.52. The van der Waals surface area contributed by atoms with Gasteiger partial charge in [-0.3, -0.25) is 0 Å². The van der Waals surface area contributed by atoms with Gasteiger partial charge in [0.1, 0.15) is 0 Å². The molecule has 2 aliphatic rings. The molecule has 5 heteroatoms. The van der Waals surface area contributed by atoms with E-state index in [0.717, 1.165) is 57.9 Å². The highest BCUT2D eigenvalue weighted by molar-refractivity contribution is 5.67. The highest BCUT2D eigenvalue weighted by atomic mass is 16.5. The molecule has 0 aromatic heterocycles. The molecule has 0 radical (unpaired) electrons. The Bertz CT molecular complexity index is 452. The lowest BCUT2D eigenvalue weighted by Gasteiger charge is -2.34. The number of nitrogens with two attached hydrogens (primary N) is 1. The van der Waals surface area contributed by atoms with Crippen LogP contribution in [-0.4, -0.2) is 50.6 Å². The molecule has 5 nitrogen and oxygen atoms in total. The molecule has 3 N–H and O–H groups in total. The number of nitrogen functional groups attached to an aromatic ring is 1. The third-order valence-corrected chi connectivity index (χ3v) is 4.13. The van der Waals surface area contributed by atoms with Crippen molar-refractivity contribution in [2.45, 2.75) is 18.9 Å². The molecular formula is C15H23N3O2. The molecule has 1 aromatic carbocycles. The van der Waals surface area contributed by atoms with Crippen molar-refractivity contribution >= 4 is 17.1 Å². The summed E-state index contributed by atoms with van der Waals surface area (Å²) in [7, 11) is 0. The third kappa shape index (κ3) is 2.99. The molecule has 0 saturated carbocycles. The first-order chi connectivity index (χ1) is 9.72. The minimum absolute atomic E-state index is 0.147. The standard InChI is InChI=1S/C15H23N3O2/c16-12-9-13(17-3-1-15(19)2-4-17)11-14(10-12)18-5-7-20-8-6-18/h9-11,15,19H,1-8,16H2. The Morgan fingerprint density at radius 2 is 1.50 bits per heavy atom. The van der Waals surface area contributed by atoms with E-state index in [4.69, 9.17) is 10.5 Å². The van der Waals surface area contributed by atoms with Gasteiger partial charge in [-0.1, -0.05) is 0 Å². The second-order valence-electron chi connectivity index (χ2n) is 5.60. The van der Waals surface area contributed by atoms with Gasteiger partial charge in [0.05, 0.1) is 19.3 Å². The lowest BCUT2D eigenvalue weighted by Crippen LogP contribution is -2.37. The Labute approximate surface area is 119 Å². The first kappa shape index (κ1) is 13.5. The van der Waals surface area contributed by atoms with Crippen molar-refractivity contribution < 1.29 is 9.84 Å². The summed E-state index contributed by atoms with van der Waals surface area (Å²) in [5.74, 6) is 0. The van der Waals surface area contributed by atoms with E-state index in [9.17, 15) is 5.11 Å². The van der Waals surface area contributed by atoms with Gasteiger partial charge < -0.3 is 25.4 Å². The fourth-order valence-electron chi connectivity index (χ4n) is 2.93. The first-order valence-electron chi connectivity index (χ1n) is 7.38. The van der Waals surface area contributed by atoms with E-state index in [1.165, 1.54) is 11.4 Å². The van der Waals surface area contributed by atoms with Crippen molar-refractivity contribution in [1.29, 1.82) is 0 Å². The predicted octanol–water partition coefficient (Wildman–Crippen LogP) is 1.07. The summed E-state index contributed by atoms with van der Waals surface area (Å²) in [4.78, 5) is 4.63. The average molecular weight is 277 g/mol. The van der Waals surface area contributed by atoms with Gasteiger partial charge in [0.25, 0.3) is 0 Å². The molecule has 0 amide bonds. The van der Waals surface area contributed by atoms with Crippen LogP contribution in [0.3, 0.4) is 0 Å². The number of aliphatic hydroxyl groups is 1. The summed E-state index contributed by atoms with van der Waals surface area (Å²) in [5, 5.41) is 9.61. The topological polar surface area (TPSA) is 62.0 Å². The molecule has 0 atom stereocenters. The number of morpholine rings is 1. The van der Waals surface area contributed by atoms with Crippen molar-refractivity contribution in [2.24, 2.45) is 0 Å². The Balaban J connectivity index is 1.79. The smallest absolute Gasteiger partial charge is 0.0642 e. The highest BCUT2D eigenvalue weighted by Crippen LogP contribution is 2.29. The Kier molecular flexibility index (Phi) is 3.98. The fraction of sp³-hybridized carbons (Fsp3) is 0.600. The first-order valence-corrected chi connectivity index (χ1v) is 7.38. The summed E-state index contributed by atoms with van der Waals surface area (Å²) >= 11 is 0. The van der Waals surface area contributed by atoms with Crippen LogP contribution in [0, 0.1) is 0 Å². The molecule has 2 aliphatic heterocycles. The lowest BCUT2D eigenvalue weighted by molar-refractivity contribution is 0.122. The zero-order valence-corrected chi connectivity index (χ0v) is 11.8. The Morgan fingerprint density at radius 1 is 0.950 bits per heavy atom. The quantitative estimate of drug-likeness (QED) is 0.792. The van der Waals surface area contributed by atoms with Crippen LogP contribution in [0.2, 0.25) is 0 Å². The van der Waals surface area contributed by atoms with Gasteiger partial charge in [-0.25, -0.2) is 0 Å². The number of hydrogen-bond acceptors (Lipinski definition) is 5. The Morgan fingerprint density at radius 3 is 2.10 bits per heavy atom. The maximum Gasteiger partial charge on any atom is 0.0642 e. The van der Waals surface area contributed by atoms with E-state index in [0.29, 0.717) is 0 Å². The van der Waals surface area contributed by atoms with E-state index in [1.807, 2.05) is 12.1 Å². The van der Waals surface area contributed by atoms with Gasteiger partial charge in [-0.05, 0) is 31.0 Å². The van der Waals surface area contributed by atoms with Crippen molar-refractivity contribution in [2.75, 3.05) is 54.9 Å². The second kappa shape index (κ2) is 5.89. The molecule has 110 valence electrons. The second-order valence-corrected chi connectivity index (χ2v) is 5.60. The number of aliphatic hydroxyl groups excluding tert-OH is 1. The van der Waals surface area contributed by atoms with Crippen LogP contribution in [0.4, 0.5) is 17.1 Å². The van der Waals surface area contributed by atoms with Gasteiger partial charge in [0.15, 0.2) is 0 Å². The van der Waals surface area contributed by atoms with Gasteiger partial charge in [0.2, 0.25) is 0 Å². The van der Waals surface area contributed by atoms with Crippen LogP contribution < -0.4 is 15.5 Å². The number of anilines is 3. The number of benzene rings is 1. The van der Waals surface area contributed by atoms with Crippen LogP contribution in [0.1, 0.15) is 12.8 Å². The van der Waals surface area contributed by atoms with E-state index in [-0.39, 0.29) is 6.10 Å². The predicted molar refractivity (Wildman–Crippen MR) is 81.3 cm³/mol. The van der Waals surface area contributed by atoms with Crippen LogP contribution in [0.5, 0.6) is 0 Å². The third-order valence-electron chi connectivity index (χ3n) is 4.13. The molecule has 3 rings (SSSR count). The largest absolute Gasteiger partial charge is 0.399 e. The van der Waals surface area contributed by atoms with Crippen LogP contribution >= 0.6 is 0 Å². The number of piperidine rings is 1. The Hall–Kier alpha value is -1.46. The molecule has 0 spiro atoms. The van der Waals surface area contributed by atoms with Gasteiger partial charge in [0, 0.05) is 43.2 Å². The minimum atomic E-state index is -0.147.